The summed E-state index contributed by atoms with van der Waals surface area (Å²) >= 11 is 3.51. The molecule has 0 amide bonds. The summed E-state index contributed by atoms with van der Waals surface area (Å²) in [6.45, 7) is 4.17. The van der Waals surface area contributed by atoms with Crippen molar-refractivity contribution in [2.75, 3.05) is 0 Å². The molecule has 0 aliphatic heterocycles. The van der Waals surface area contributed by atoms with Crippen molar-refractivity contribution >= 4 is 15.9 Å². The molecule has 2 rings (SSSR count). The predicted octanol–water partition coefficient (Wildman–Crippen LogP) is 2.95. The van der Waals surface area contributed by atoms with Crippen LogP contribution in [-0.4, -0.2) is 16.2 Å². The lowest BCUT2D eigenvalue weighted by Gasteiger charge is -2.11. The smallest absolute Gasteiger partial charge is 0.228 e. The molecule has 0 saturated heterocycles. The van der Waals surface area contributed by atoms with E-state index < -0.39 is 0 Å². The summed E-state index contributed by atoms with van der Waals surface area (Å²) in [5, 5.41) is 4.00. The summed E-state index contributed by atoms with van der Waals surface area (Å²) in [6.07, 6.45) is 1.28. The highest BCUT2D eigenvalue weighted by atomic mass is 79.9. The lowest BCUT2D eigenvalue weighted by molar-refractivity contribution is 0.350. The van der Waals surface area contributed by atoms with Crippen molar-refractivity contribution in [3.63, 3.8) is 0 Å². The monoisotopic (exact) mass is 323 g/mol. The maximum Gasteiger partial charge on any atom is 0.228 e. The van der Waals surface area contributed by atoms with Gasteiger partial charge in [0.15, 0.2) is 5.82 Å². The van der Waals surface area contributed by atoms with E-state index in [4.69, 9.17) is 10.3 Å². The molecular formula is C14H18BrN3O. The summed E-state index contributed by atoms with van der Waals surface area (Å²) in [5.74, 6) is 1.71. The first-order valence-electron chi connectivity index (χ1n) is 6.36. The molecule has 2 aromatic rings. The summed E-state index contributed by atoms with van der Waals surface area (Å²) < 4.78 is 6.30. The summed E-state index contributed by atoms with van der Waals surface area (Å²) in [7, 11) is 0. The Bertz CT molecular complexity index is 539. The third-order valence-electron chi connectivity index (χ3n) is 3.08. The third-order valence-corrected chi connectivity index (χ3v) is 3.86. The zero-order valence-corrected chi connectivity index (χ0v) is 12.7. The van der Waals surface area contributed by atoms with Gasteiger partial charge in [-0.1, -0.05) is 53.1 Å². The molecule has 0 bridgehead atoms. The minimum atomic E-state index is 0.0526. The van der Waals surface area contributed by atoms with E-state index in [0.717, 1.165) is 10.0 Å². The van der Waals surface area contributed by atoms with Gasteiger partial charge in [0.1, 0.15) is 0 Å². The van der Waals surface area contributed by atoms with Gasteiger partial charge in [0, 0.05) is 23.4 Å². The highest BCUT2D eigenvalue weighted by Crippen LogP contribution is 2.18. The molecule has 5 heteroatoms. The maximum atomic E-state index is 6.00. The van der Waals surface area contributed by atoms with Crippen LogP contribution in [0.5, 0.6) is 0 Å². The third kappa shape index (κ3) is 3.88. The molecule has 0 aliphatic rings. The molecule has 4 nitrogen and oxygen atoms in total. The van der Waals surface area contributed by atoms with Gasteiger partial charge in [0.2, 0.25) is 5.89 Å². The molecule has 1 aromatic carbocycles. The van der Waals surface area contributed by atoms with Crippen molar-refractivity contribution in [1.29, 1.82) is 0 Å². The average molecular weight is 324 g/mol. The van der Waals surface area contributed by atoms with Gasteiger partial charge in [-0.15, -0.1) is 0 Å². The second kappa shape index (κ2) is 6.30. The average Bonchev–Trinajstić information content (AvgIpc) is 2.79. The highest BCUT2D eigenvalue weighted by Gasteiger charge is 2.14. The fourth-order valence-corrected chi connectivity index (χ4v) is 2.12. The van der Waals surface area contributed by atoms with Crippen LogP contribution in [0.3, 0.4) is 0 Å². The fraction of sp³-hybridized carbons (Fsp3) is 0.429. The van der Waals surface area contributed by atoms with Gasteiger partial charge >= 0.3 is 0 Å². The van der Waals surface area contributed by atoms with E-state index in [1.165, 1.54) is 0 Å². The molecule has 102 valence electrons. The van der Waals surface area contributed by atoms with E-state index in [-0.39, 0.29) is 6.04 Å². The van der Waals surface area contributed by atoms with Gasteiger partial charge in [-0.2, -0.15) is 4.98 Å². The van der Waals surface area contributed by atoms with Crippen LogP contribution in [0.25, 0.3) is 0 Å². The Morgan fingerprint density at radius 3 is 2.74 bits per heavy atom. The van der Waals surface area contributed by atoms with Crippen molar-refractivity contribution in [3.8, 4) is 0 Å². The van der Waals surface area contributed by atoms with E-state index >= 15 is 0 Å². The molecule has 0 aliphatic carbocycles. The quantitative estimate of drug-likeness (QED) is 0.918. The Labute approximate surface area is 121 Å². The molecule has 0 fully saturated rings. The van der Waals surface area contributed by atoms with Gasteiger partial charge in [-0.3, -0.25) is 0 Å². The zero-order chi connectivity index (χ0) is 13.8. The number of hydrogen-bond donors (Lipinski definition) is 1. The number of rotatable bonds is 5. The van der Waals surface area contributed by atoms with Crippen molar-refractivity contribution in [2.45, 2.75) is 32.7 Å². The predicted molar refractivity (Wildman–Crippen MR) is 77.8 cm³/mol. The summed E-state index contributed by atoms with van der Waals surface area (Å²) in [6, 6.07) is 8.08. The molecule has 1 unspecified atom stereocenters. The largest absolute Gasteiger partial charge is 0.339 e. The number of halogens is 1. The van der Waals surface area contributed by atoms with E-state index in [2.05, 4.69) is 39.9 Å². The molecule has 0 radical (unpaired) electrons. The lowest BCUT2D eigenvalue weighted by Crippen LogP contribution is -2.28. The number of aromatic nitrogens is 2. The van der Waals surface area contributed by atoms with E-state index in [1.807, 2.05) is 24.3 Å². The molecule has 19 heavy (non-hydrogen) atoms. The van der Waals surface area contributed by atoms with Gasteiger partial charge < -0.3 is 10.3 Å². The fourth-order valence-electron chi connectivity index (χ4n) is 1.69. The molecular weight excluding hydrogens is 306 g/mol. The van der Waals surface area contributed by atoms with E-state index in [1.54, 1.807) is 0 Å². The molecule has 1 atom stereocenters. The lowest BCUT2D eigenvalue weighted by atomic mass is 10.0. The number of benzene rings is 1. The first kappa shape index (κ1) is 14.2. The Balaban J connectivity index is 2.04. The van der Waals surface area contributed by atoms with Crippen molar-refractivity contribution < 1.29 is 4.52 Å². The number of nitrogens with two attached hydrogens (primary N) is 1. The second-order valence-corrected chi connectivity index (χ2v) is 5.84. The van der Waals surface area contributed by atoms with Crippen LogP contribution in [0.15, 0.2) is 33.3 Å². The topological polar surface area (TPSA) is 64.9 Å². The zero-order valence-electron chi connectivity index (χ0n) is 11.1. The number of hydrogen-bond acceptors (Lipinski definition) is 4. The van der Waals surface area contributed by atoms with Gasteiger partial charge in [0.25, 0.3) is 0 Å². The van der Waals surface area contributed by atoms with Crippen LogP contribution in [0, 0.1) is 5.92 Å². The molecule has 0 spiro atoms. The van der Waals surface area contributed by atoms with Crippen molar-refractivity contribution in [1.82, 2.24) is 10.1 Å². The maximum absolute atomic E-state index is 6.00. The van der Waals surface area contributed by atoms with Gasteiger partial charge in [0.05, 0.1) is 0 Å². The Kier molecular flexibility index (Phi) is 4.71. The van der Waals surface area contributed by atoms with E-state index in [0.29, 0.717) is 30.5 Å². The Morgan fingerprint density at radius 1 is 1.32 bits per heavy atom. The molecule has 1 heterocycles. The minimum Gasteiger partial charge on any atom is -0.339 e. The van der Waals surface area contributed by atoms with Crippen molar-refractivity contribution in [2.24, 2.45) is 11.7 Å². The Hall–Kier alpha value is -1.20. The van der Waals surface area contributed by atoms with Crippen LogP contribution < -0.4 is 5.73 Å². The number of nitrogens with zero attached hydrogens (tertiary/aromatic N) is 2. The van der Waals surface area contributed by atoms with Gasteiger partial charge in [-0.25, -0.2) is 0 Å². The van der Waals surface area contributed by atoms with Crippen LogP contribution in [0.4, 0.5) is 0 Å². The van der Waals surface area contributed by atoms with E-state index in [9.17, 15) is 0 Å². The molecule has 2 N–H and O–H groups in total. The SMILES string of the molecule is CC(C)C(N)Cc1nc(Cc2ccccc2Br)no1. The van der Waals surface area contributed by atoms with Crippen molar-refractivity contribution in [3.05, 3.63) is 46.0 Å². The second-order valence-electron chi connectivity index (χ2n) is 4.98. The molecule has 1 aromatic heterocycles. The normalized spacial score (nSPS) is 12.9. The first-order valence-corrected chi connectivity index (χ1v) is 7.16. The minimum absolute atomic E-state index is 0.0526. The van der Waals surface area contributed by atoms with Gasteiger partial charge in [-0.05, 0) is 17.5 Å². The summed E-state index contributed by atoms with van der Waals surface area (Å²) in [4.78, 5) is 4.39. The molecule has 0 saturated carbocycles. The summed E-state index contributed by atoms with van der Waals surface area (Å²) in [5.41, 5.74) is 7.14. The van der Waals surface area contributed by atoms with Crippen LogP contribution in [0.2, 0.25) is 0 Å². The first-order chi connectivity index (χ1) is 9.06. The van der Waals surface area contributed by atoms with Crippen LogP contribution in [-0.2, 0) is 12.8 Å². The Morgan fingerprint density at radius 2 is 2.05 bits per heavy atom. The van der Waals surface area contributed by atoms with Crippen LogP contribution >= 0.6 is 15.9 Å². The van der Waals surface area contributed by atoms with Crippen LogP contribution in [0.1, 0.15) is 31.1 Å². The highest BCUT2D eigenvalue weighted by molar-refractivity contribution is 9.10. The standard InChI is InChI=1S/C14H18BrN3O/c1-9(2)12(16)8-14-17-13(18-19-14)7-10-5-3-4-6-11(10)15/h3-6,9,12H,7-8,16H2,1-2H3.